The van der Waals surface area contributed by atoms with Crippen molar-refractivity contribution in [2.75, 3.05) is 4.90 Å². The van der Waals surface area contributed by atoms with Gasteiger partial charge in [-0.15, -0.1) is 0 Å². The third-order valence-electron chi connectivity index (χ3n) is 12.7. The molecule has 0 saturated carbocycles. The van der Waals surface area contributed by atoms with E-state index in [4.69, 9.17) is 0 Å². The number of anilines is 3. The van der Waals surface area contributed by atoms with Gasteiger partial charge < -0.3 is 14.0 Å². The predicted octanol–water partition coefficient (Wildman–Crippen LogP) is 11.8. The van der Waals surface area contributed by atoms with Crippen LogP contribution in [0.1, 0.15) is 0 Å². The minimum atomic E-state index is 0.0185. The quantitative estimate of drug-likeness (QED) is 0.164. The second-order valence-electron chi connectivity index (χ2n) is 15.7. The highest BCUT2D eigenvalue weighted by atomic mass is 15.2. The first-order valence-corrected chi connectivity index (χ1v) is 20.1. The molecule has 2 aliphatic heterocycles. The first-order chi connectivity index (χ1) is 28.8. The Bertz CT molecular complexity index is 3400. The number of nitrogens with zero attached hydrogens (tertiary/aromatic N) is 3. The molecule has 4 heterocycles. The van der Waals surface area contributed by atoms with Crippen LogP contribution in [0.3, 0.4) is 0 Å². The summed E-state index contributed by atoms with van der Waals surface area (Å²) in [6.45, 7) is 0.0185. The Hall–Kier alpha value is -7.56. The molecular weight excluding hydrogens is 701 g/mol. The molecular formula is C54H34BN3. The highest BCUT2D eigenvalue weighted by molar-refractivity contribution is 7.00. The lowest BCUT2D eigenvalue weighted by atomic mass is 9.33. The van der Waals surface area contributed by atoms with Crippen molar-refractivity contribution in [3.05, 3.63) is 206 Å². The van der Waals surface area contributed by atoms with Crippen LogP contribution in [0.15, 0.2) is 206 Å². The van der Waals surface area contributed by atoms with Crippen molar-refractivity contribution in [2.24, 2.45) is 0 Å². The molecule has 2 aliphatic rings. The molecule has 0 unspecified atom stereocenters. The molecule has 2 aromatic heterocycles. The maximum Gasteiger partial charge on any atom is 0.252 e. The molecule has 0 bridgehead atoms. The molecule has 0 radical (unpaired) electrons. The van der Waals surface area contributed by atoms with Gasteiger partial charge in [-0.1, -0.05) is 140 Å². The fourth-order valence-corrected chi connectivity index (χ4v) is 10.3. The summed E-state index contributed by atoms with van der Waals surface area (Å²) < 4.78 is 5.00. The lowest BCUT2D eigenvalue weighted by molar-refractivity contribution is 1.16. The molecule has 0 amide bonds. The second kappa shape index (κ2) is 12.0. The van der Waals surface area contributed by atoms with Gasteiger partial charge in [-0.2, -0.15) is 0 Å². The largest absolute Gasteiger partial charge is 0.311 e. The van der Waals surface area contributed by atoms with E-state index in [2.05, 4.69) is 220 Å². The zero-order chi connectivity index (χ0) is 37.9. The first kappa shape index (κ1) is 31.6. The highest BCUT2D eigenvalue weighted by Gasteiger charge is 2.42. The highest BCUT2D eigenvalue weighted by Crippen LogP contribution is 2.44. The van der Waals surface area contributed by atoms with E-state index in [-0.39, 0.29) is 6.71 Å². The zero-order valence-electron chi connectivity index (χ0n) is 31.5. The van der Waals surface area contributed by atoms with Gasteiger partial charge in [0.15, 0.2) is 0 Å². The number of fused-ring (bicyclic) bond motifs is 10. The Labute approximate surface area is 336 Å². The number of benzene rings is 9. The smallest absolute Gasteiger partial charge is 0.252 e. The van der Waals surface area contributed by atoms with Crippen molar-refractivity contribution in [1.29, 1.82) is 0 Å². The van der Waals surface area contributed by atoms with E-state index in [9.17, 15) is 0 Å². The van der Waals surface area contributed by atoms with Crippen molar-refractivity contribution in [3.63, 3.8) is 0 Å². The normalized spacial score (nSPS) is 12.8. The van der Waals surface area contributed by atoms with E-state index in [1.165, 1.54) is 99.3 Å². The fraction of sp³-hybridized carbons (Fsp3) is 0. The molecule has 0 N–H and O–H groups in total. The summed E-state index contributed by atoms with van der Waals surface area (Å²) >= 11 is 0. The third-order valence-corrected chi connectivity index (χ3v) is 12.7. The Morgan fingerprint density at radius 1 is 0.310 bits per heavy atom. The number of rotatable bonds is 4. The maximum absolute atomic E-state index is 2.56. The van der Waals surface area contributed by atoms with Gasteiger partial charge in [-0.3, -0.25) is 0 Å². The molecule has 58 heavy (non-hydrogen) atoms. The van der Waals surface area contributed by atoms with Crippen molar-refractivity contribution < 1.29 is 0 Å². The van der Waals surface area contributed by atoms with Gasteiger partial charge in [0, 0.05) is 55.5 Å². The predicted molar refractivity (Wildman–Crippen MR) is 245 cm³/mol. The SMILES string of the molecule is c1ccc(-c2ccc3c(c2)c2cc(-c4ccccc4)cc4c2n3-c2cccc3c2B4c2ccc(-n4c5ccccc5c5ccccc54)cc2N3c2ccccc2)cc1. The molecule has 3 nitrogen and oxygen atoms in total. The van der Waals surface area contributed by atoms with Crippen molar-refractivity contribution in [2.45, 2.75) is 0 Å². The summed E-state index contributed by atoms with van der Waals surface area (Å²) in [5.41, 5.74) is 19.8. The lowest BCUT2D eigenvalue weighted by Crippen LogP contribution is -2.60. The summed E-state index contributed by atoms with van der Waals surface area (Å²) in [7, 11) is 0. The van der Waals surface area contributed by atoms with Crippen molar-refractivity contribution >= 4 is 83.8 Å². The van der Waals surface area contributed by atoms with Gasteiger partial charge in [-0.05, 0) is 105 Å². The summed E-state index contributed by atoms with van der Waals surface area (Å²) in [5, 5.41) is 5.09. The number of para-hydroxylation sites is 3. The number of hydrogen-bond acceptors (Lipinski definition) is 1. The van der Waals surface area contributed by atoms with Crippen LogP contribution in [0, 0.1) is 0 Å². The molecule has 13 rings (SSSR count). The molecule has 0 spiro atoms. The van der Waals surface area contributed by atoms with E-state index in [0.717, 1.165) is 11.4 Å². The van der Waals surface area contributed by atoms with Crippen molar-refractivity contribution in [3.8, 4) is 33.6 Å². The van der Waals surface area contributed by atoms with Crippen LogP contribution < -0.4 is 21.3 Å². The number of aromatic nitrogens is 2. The van der Waals surface area contributed by atoms with Crippen LogP contribution in [0.25, 0.3) is 77.2 Å². The van der Waals surface area contributed by atoms with Crippen LogP contribution in [-0.2, 0) is 0 Å². The minimum absolute atomic E-state index is 0.0185. The molecule has 4 heteroatoms. The Balaban J connectivity index is 1.14. The van der Waals surface area contributed by atoms with Gasteiger partial charge in [0.25, 0.3) is 6.71 Å². The summed E-state index contributed by atoms with van der Waals surface area (Å²) in [6.07, 6.45) is 0. The summed E-state index contributed by atoms with van der Waals surface area (Å²) in [4.78, 5) is 2.50. The van der Waals surface area contributed by atoms with Gasteiger partial charge in [-0.25, -0.2) is 0 Å². The fourth-order valence-electron chi connectivity index (χ4n) is 10.3. The molecule has 0 fully saturated rings. The van der Waals surface area contributed by atoms with E-state index >= 15 is 0 Å². The summed E-state index contributed by atoms with van der Waals surface area (Å²) in [5.74, 6) is 0. The standard InChI is InChI=1S/C54H34BN3/c1-4-15-35(16-5-1)37-27-30-49-43(31-37)44-32-38(36-17-6-2-7-18-36)33-46-54(44)58(49)51-26-14-25-50-53(51)55(46)45-29-28-40(34-52(45)56(50)39-19-8-3-9-20-39)57-47-23-12-10-21-41(47)42-22-11-13-24-48(42)57/h1-34H. The average Bonchev–Trinajstić information content (AvgIpc) is 3.81. The van der Waals surface area contributed by atoms with Gasteiger partial charge in [0.2, 0.25) is 0 Å². The third kappa shape index (κ3) is 4.34. The van der Waals surface area contributed by atoms with Crippen LogP contribution in [0.4, 0.5) is 17.1 Å². The van der Waals surface area contributed by atoms with E-state index < -0.39 is 0 Å². The first-order valence-electron chi connectivity index (χ1n) is 20.1. The van der Waals surface area contributed by atoms with Gasteiger partial charge in [0.05, 0.1) is 16.6 Å². The van der Waals surface area contributed by atoms with Crippen LogP contribution in [0.5, 0.6) is 0 Å². The van der Waals surface area contributed by atoms with E-state index in [0.29, 0.717) is 0 Å². The Kier molecular flexibility index (Phi) is 6.53. The lowest BCUT2D eigenvalue weighted by Gasteiger charge is -2.40. The molecule has 11 aromatic rings. The number of hydrogen-bond donors (Lipinski definition) is 0. The minimum Gasteiger partial charge on any atom is -0.311 e. The topological polar surface area (TPSA) is 13.1 Å². The van der Waals surface area contributed by atoms with Crippen LogP contribution >= 0.6 is 0 Å². The van der Waals surface area contributed by atoms with Gasteiger partial charge in [0.1, 0.15) is 0 Å². The molecule has 0 aliphatic carbocycles. The monoisotopic (exact) mass is 735 g/mol. The molecule has 9 aromatic carbocycles. The second-order valence-corrected chi connectivity index (χ2v) is 15.7. The Morgan fingerprint density at radius 3 is 1.64 bits per heavy atom. The Morgan fingerprint density at radius 2 is 0.914 bits per heavy atom. The van der Waals surface area contributed by atoms with E-state index in [1.54, 1.807) is 0 Å². The average molecular weight is 736 g/mol. The molecule has 0 saturated heterocycles. The van der Waals surface area contributed by atoms with E-state index in [1.807, 2.05) is 0 Å². The zero-order valence-corrected chi connectivity index (χ0v) is 31.5. The molecule has 0 atom stereocenters. The van der Waals surface area contributed by atoms with Gasteiger partial charge >= 0.3 is 0 Å². The van der Waals surface area contributed by atoms with Crippen LogP contribution in [-0.4, -0.2) is 15.8 Å². The molecule has 268 valence electrons. The van der Waals surface area contributed by atoms with Crippen LogP contribution in [0.2, 0.25) is 0 Å². The maximum atomic E-state index is 2.56. The summed E-state index contributed by atoms with van der Waals surface area (Å²) in [6, 6.07) is 76.3. The van der Waals surface area contributed by atoms with Crippen molar-refractivity contribution in [1.82, 2.24) is 9.13 Å².